The van der Waals surface area contributed by atoms with Crippen LogP contribution in [-0.4, -0.2) is 100 Å². The van der Waals surface area contributed by atoms with Crippen molar-refractivity contribution in [3.63, 3.8) is 0 Å². The molecule has 14 nitrogen and oxygen atoms in total. The smallest absolute Gasteiger partial charge is 0.329 e. The number of nitrogens with one attached hydrogen (secondary N) is 1. The number of aromatic nitrogens is 5. The standard InChI is InChI=1S/C24H28N8O6S/c1-29(2)39(35,36)32-12-10-31(11-13-32)14-15-37-17-6-4-16(5-7-17)18-8-9-19(38-18)21-25-20-22(28-27-21)26-24(34)30(3)23(20)33/h4-9H,10-15H2,1-3H3,(H,26,28,34). The molecule has 1 fully saturated rings. The number of rotatable bonds is 8. The van der Waals surface area contributed by atoms with Gasteiger partial charge in [-0.15, -0.1) is 10.2 Å². The Kier molecular flexibility index (Phi) is 7.31. The van der Waals surface area contributed by atoms with E-state index in [2.05, 4.69) is 25.1 Å². The van der Waals surface area contributed by atoms with Gasteiger partial charge in [-0.1, -0.05) is 0 Å². The van der Waals surface area contributed by atoms with E-state index in [0.717, 1.165) is 10.1 Å². The second-order valence-corrected chi connectivity index (χ2v) is 11.3. The van der Waals surface area contributed by atoms with E-state index in [1.54, 1.807) is 12.1 Å². The number of benzene rings is 1. The minimum atomic E-state index is -3.38. The van der Waals surface area contributed by atoms with Crippen molar-refractivity contribution in [3.05, 3.63) is 57.2 Å². The quantitative estimate of drug-likeness (QED) is 0.316. The van der Waals surface area contributed by atoms with Crippen LogP contribution < -0.4 is 16.0 Å². The number of aromatic amines is 1. The van der Waals surface area contributed by atoms with E-state index in [1.165, 1.54) is 29.8 Å². The lowest BCUT2D eigenvalue weighted by atomic mass is 10.2. The van der Waals surface area contributed by atoms with Gasteiger partial charge >= 0.3 is 5.69 Å². The van der Waals surface area contributed by atoms with Crippen LogP contribution in [0.5, 0.6) is 5.75 Å². The topological polar surface area (TPSA) is 160 Å². The Labute approximate surface area is 223 Å². The summed E-state index contributed by atoms with van der Waals surface area (Å²) in [6.45, 7) is 3.38. The molecule has 1 aliphatic rings. The molecule has 1 saturated heterocycles. The largest absolute Gasteiger partial charge is 0.492 e. The molecule has 0 unspecified atom stereocenters. The number of nitrogens with zero attached hydrogens (tertiary/aromatic N) is 7. The Balaban J connectivity index is 1.18. The van der Waals surface area contributed by atoms with Gasteiger partial charge in [-0.25, -0.2) is 9.78 Å². The summed E-state index contributed by atoms with van der Waals surface area (Å²) in [4.78, 5) is 33.0. The molecular weight excluding hydrogens is 528 g/mol. The highest BCUT2D eigenvalue weighted by Crippen LogP contribution is 2.28. The normalized spacial score (nSPS) is 15.3. The first-order valence-electron chi connectivity index (χ1n) is 12.2. The fourth-order valence-electron chi connectivity index (χ4n) is 4.14. The van der Waals surface area contributed by atoms with E-state index in [4.69, 9.17) is 9.15 Å². The minimum absolute atomic E-state index is 0.00810. The van der Waals surface area contributed by atoms with E-state index < -0.39 is 21.5 Å². The van der Waals surface area contributed by atoms with Gasteiger partial charge in [0.15, 0.2) is 16.9 Å². The van der Waals surface area contributed by atoms with Crippen molar-refractivity contribution in [3.8, 4) is 28.7 Å². The molecule has 206 valence electrons. The molecule has 0 atom stereocenters. The minimum Gasteiger partial charge on any atom is -0.492 e. The fourth-order valence-corrected chi connectivity index (χ4v) is 5.22. The molecule has 0 saturated carbocycles. The maximum Gasteiger partial charge on any atom is 0.329 e. The van der Waals surface area contributed by atoms with Gasteiger partial charge in [0.05, 0.1) is 0 Å². The van der Waals surface area contributed by atoms with E-state index >= 15 is 0 Å². The maximum absolute atomic E-state index is 12.4. The number of fused-ring (bicyclic) bond motifs is 1. The number of furan rings is 1. The molecule has 5 rings (SSSR count). The average Bonchev–Trinajstić information content (AvgIpc) is 3.43. The number of H-pyrrole nitrogens is 1. The summed E-state index contributed by atoms with van der Waals surface area (Å²) in [6, 6.07) is 10.9. The zero-order valence-electron chi connectivity index (χ0n) is 21.7. The Bertz CT molecular complexity index is 1700. The molecule has 1 aromatic carbocycles. The molecule has 3 aromatic heterocycles. The monoisotopic (exact) mass is 556 g/mol. The van der Waals surface area contributed by atoms with Gasteiger partial charge in [0.25, 0.3) is 15.8 Å². The van der Waals surface area contributed by atoms with Crippen LogP contribution in [0.3, 0.4) is 0 Å². The fraction of sp³-hybridized carbons (Fsp3) is 0.375. The van der Waals surface area contributed by atoms with Gasteiger partial charge in [0, 0.05) is 59.4 Å². The van der Waals surface area contributed by atoms with E-state index in [9.17, 15) is 18.0 Å². The average molecular weight is 557 g/mol. The third kappa shape index (κ3) is 5.47. The lowest BCUT2D eigenvalue weighted by Gasteiger charge is -2.34. The number of hydrogen-bond donors (Lipinski definition) is 1. The van der Waals surface area contributed by atoms with Crippen LogP contribution in [0.2, 0.25) is 0 Å². The van der Waals surface area contributed by atoms with Gasteiger partial charge in [-0.05, 0) is 36.4 Å². The van der Waals surface area contributed by atoms with Gasteiger partial charge < -0.3 is 9.15 Å². The van der Waals surface area contributed by atoms with Crippen LogP contribution in [0.4, 0.5) is 0 Å². The Hall–Kier alpha value is -3.92. The van der Waals surface area contributed by atoms with Crippen LogP contribution in [0.25, 0.3) is 34.1 Å². The molecule has 0 spiro atoms. The van der Waals surface area contributed by atoms with Gasteiger partial charge in [0.2, 0.25) is 5.82 Å². The third-order valence-corrected chi connectivity index (χ3v) is 8.42. The summed E-state index contributed by atoms with van der Waals surface area (Å²) in [6.07, 6.45) is 0. The van der Waals surface area contributed by atoms with E-state index in [-0.39, 0.29) is 17.0 Å². The van der Waals surface area contributed by atoms with Crippen molar-refractivity contribution >= 4 is 21.4 Å². The highest BCUT2D eigenvalue weighted by molar-refractivity contribution is 7.86. The number of ether oxygens (including phenoxy) is 1. The van der Waals surface area contributed by atoms with Crippen LogP contribution in [0, 0.1) is 0 Å². The predicted molar refractivity (Wildman–Crippen MR) is 142 cm³/mol. The second-order valence-electron chi connectivity index (χ2n) is 9.19. The van der Waals surface area contributed by atoms with Crippen molar-refractivity contribution in [2.75, 3.05) is 53.4 Å². The lowest BCUT2D eigenvalue weighted by Crippen LogP contribution is -2.52. The zero-order chi connectivity index (χ0) is 27.7. The van der Waals surface area contributed by atoms with Crippen LogP contribution in [-0.2, 0) is 17.3 Å². The highest BCUT2D eigenvalue weighted by atomic mass is 32.2. The maximum atomic E-state index is 12.4. The Morgan fingerprint density at radius 2 is 1.69 bits per heavy atom. The second kappa shape index (κ2) is 10.7. The Morgan fingerprint density at radius 3 is 2.38 bits per heavy atom. The van der Waals surface area contributed by atoms with Crippen molar-refractivity contribution in [1.82, 2.24) is 38.2 Å². The van der Waals surface area contributed by atoms with Crippen LogP contribution in [0.15, 0.2) is 50.4 Å². The lowest BCUT2D eigenvalue weighted by molar-refractivity contribution is 0.156. The molecule has 0 bridgehead atoms. The summed E-state index contributed by atoms with van der Waals surface area (Å²) in [5, 5.41) is 7.88. The molecule has 39 heavy (non-hydrogen) atoms. The summed E-state index contributed by atoms with van der Waals surface area (Å²) < 4.78 is 39.9. The van der Waals surface area contributed by atoms with Crippen molar-refractivity contribution < 1.29 is 17.6 Å². The molecule has 0 amide bonds. The first-order valence-corrected chi connectivity index (χ1v) is 13.6. The van der Waals surface area contributed by atoms with Gasteiger partial charge in [0.1, 0.15) is 18.1 Å². The van der Waals surface area contributed by atoms with Crippen LogP contribution in [0.1, 0.15) is 0 Å². The Morgan fingerprint density at radius 1 is 1.00 bits per heavy atom. The van der Waals surface area contributed by atoms with Crippen molar-refractivity contribution in [2.45, 2.75) is 0 Å². The zero-order valence-corrected chi connectivity index (χ0v) is 22.5. The molecule has 4 heterocycles. The first kappa shape index (κ1) is 26.7. The molecule has 4 aromatic rings. The van der Waals surface area contributed by atoms with E-state index in [0.29, 0.717) is 56.6 Å². The molecular formula is C24H28N8O6S. The molecule has 1 N–H and O–H groups in total. The molecule has 1 aliphatic heterocycles. The van der Waals surface area contributed by atoms with Gasteiger partial charge in [-0.3, -0.25) is 19.2 Å². The molecule has 0 radical (unpaired) electrons. The summed E-state index contributed by atoms with van der Waals surface area (Å²) >= 11 is 0. The predicted octanol–water partition coefficient (Wildman–Crippen LogP) is 0.142. The third-order valence-electron chi connectivity index (χ3n) is 6.48. The number of piperazine rings is 1. The number of hydrogen-bond acceptors (Lipinski definition) is 10. The SMILES string of the molecule is CN(C)S(=O)(=O)N1CCN(CCOc2ccc(-c3ccc(-c4nnc5[nH]c(=O)n(C)c(=O)c5n4)o3)cc2)CC1. The highest BCUT2D eigenvalue weighted by Gasteiger charge is 2.28. The van der Waals surface area contributed by atoms with Crippen LogP contribution >= 0.6 is 0 Å². The molecule has 15 heteroatoms. The van der Waals surface area contributed by atoms with Gasteiger partial charge in [-0.2, -0.15) is 17.0 Å². The summed E-state index contributed by atoms with van der Waals surface area (Å²) in [5.74, 6) is 1.72. The van der Waals surface area contributed by atoms with Crippen molar-refractivity contribution in [1.29, 1.82) is 0 Å². The summed E-state index contributed by atoms with van der Waals surface area (Å²) in [7, 11) is 1.05. The van der Waals surface area contributed by atoms with E-state index in [1.807, 2.05) is 24.3 Å². The van der Waals surface area contributed by atoms with Crippen molar-refractivity contribution in [2.24, 2.45) is 7.05 Å². The summed E-state index contributed by atoms with van der Waals surface area (Å²) in [5.41, 5.74) is -0.372. The first-order chi connectivity index (χ1) is 18.6. The molecule has 0 aliphatic carbocycles.